The van der Waals surface area contributed by atoms with Crippen LogP contribution < -0.4 is 10.1 Å². The zero-order valence-corrected chi connectivity index (χ0v) is 12.6. The zero-order valence-electron chi connectivity index (χ0n) is 12.6. The van der Waals surface area contributed by atoms with E-state index in [4.69, 9.17) is 4.74 Å². The van der Waals surface area contributed by atoms with Gasteiger partial charge in [0.25, 0.3) is 0 Å². The van der Waals surface area contributed by atoms with Crippen LogP contribution in [-0.2, 0) is 0 Å². The van der Waals surface area contributed by atoms with E-state index in [-0.39, 0.29) is 0 Å². The van der Waals surface area contributed by atoms with Crippen molar-refractivity contribution in [3.05, 3.63) is 23.8 Å². The standard InChI is InChI=1S/C16H26N2O/c1-12-7-8-15(16(10-12)19-4)17-13(2)14-6-5-9-18(3)11-14/h7-8,10,13-14,17H,5-6,9,11H2,1-4H3. The van der Waals surface area contributed by atoms with Crippen LogP contribution in [0.25, 0.3) is 0 Å². The van der Waals surface area contributed by atoms with Crippen LogP contribution in [0, 0.1) is 12.8 Å². The molecule has 1 fully saturated rings. The second-order valence-corrected chi connectivity index (χ2v) is 5.80. The van der Waals surface area contributed by atoms with Crippen LogP contribution in [0.4, 0.5) is 5.69 Å². The number of rotatable bonds is 4. The molecule has 0 aliphatic carbocycles. The van der Waals surface area contributed by atoms with Crippen molar-refractivity contribution in [2.75, 3.05) is 32.6 Å². The van der Waals surface area contributed by atoms with Gasteiger partial charge in [-0.15, -0.1) is 0 Å². The van der Waals surface area contributed by atoms with Crippen molar-refractivity contribution in [1.29, 1.82) is 0 Å². The maximum Gasteiger partial charge on any atom is 0.142 e. The van der Waals surface area contributed by atoms with E-state index in [1.807, 2.05) is 0 Å². The van der Waals surface area contributed by atoms with Crippen molar-refractivity contribution in [3.8, 4) is 5.75 Å². The van der Waals surface area contributed by atoms with Gasteiger partial charge in [0.2, 0.25) is 0 Å². The van der Waals surface area contributed by atoms with Crippen LogP contribution in [0.2, 0.25) is 0 Å². The van der Waals surface area contributed by atoms with E-state index in [2.05, 4.69) is 49.3 Å². The fraction of sp³-hybridized carbons (Fsp3) is 0.625. The van der Waals surface area contributed by atoms with Crippen LogP contribution in [0.15, 0.2) is 18.2 Å². The minimum atomic E-state index is 0.472. The number of methoxy groups -OCH3 is 1. The number of benzene rings is 1. The number of nitrogens with zero attached hydrogens (tertiary/aromatic N) is 1. The van der Waals surface area contributed by atoms with Gasteiger partial charge >= 0.3 is 0 Å². The first-order chi connectivity index (χ1) is 9.10. The lowest BCUT2D eigenvalue weighted by atomic mass is 9.91. The number of piperidine rings is 1. The van der Waals surface area contributed by atoms with Gasteiger partial charge in [-0.25, -0.2) is 0 Å². The number of likely N-dealkylation sites (tertiary alicyclic amines) is 1. The highest BCUT2D eigenvalue weighted by molar-refractivity contribution is 5.58. The number of hydrogen-bond donors (Lipinski definition) is 1. The molecular formula is C16H26N2O. The second-order valence-electron chi connectivity index (χ2n) is 5.80. The molecule has 0 bridgehead atoms. The van der Waals surface area contributed by atoms with Crippen molar-refractivity contribution < 1.29 is 4.74 Å². The fourth-order valence-electron chi connectivity index (χ4n) is 2.90. The molecule has 1 heterocycles. The lowest BCUT2D eigenvalue weighted by molar-refractivity contribution is 0.197. The molecule has 1 aromatic rings. The van der Waals surface area contributed by atoms with Gasteiger partial charge in [-0.05, 0) is 63.9 Å². The normalized spacial score (nSPS) is 22.0. The lowest BCUT2D eigenvalue weighted by Gasteiger charge is -2.34. The summed E-state index contributed by atoms with van der Waals surface area (Å²) < 4.78 is 5.46. The molecule has 1 aliphatic rings. The summed E-state index contributed by atoms with van der Waals surface area (Å²) in [6.07, 6.45) is 2.62. The molecule has 0 aromatic heterocycles. The molecule has 106 valence electrons. The maximum atomic E-state index is 5.46. The average Bonchev–Trinajstić information content (AvgIpc) is 2.40. The molecule has 1 aromatic carbocycles. The highest BCUT2D eigenvalue weighted by atomic mass is 16.5. The molecule has 0 spiro atoms. The fourth-order valence-corrected chi connectivity index (χ4v) is 2.90. The van der Waals surface area contributed by atoms with E-state index in [0.717, 1.165) is 11.4 Å². The highest BCUT2D eigenvalue weighted by Gasteiger charge is 2.23. The minimum absolute atomic E-state index is 0.472. The van der Waals surface area contributed by atoms with Crippen molar-refractivity contribution in [2.45, 2.75) is 32.7 Å². The molecule has 2 atom stereocenters. The van der Waals surface area contributed by atoms with Gasteiger partial charge in [-0.2, -0.15) is 0 Å². The summed E-state index contributed by atoms with van der Waals surface area (Å²) in [5.41, 5.74) is 2.33. The summed E-state index contributed by atoms with van der Waals surface area (Å²) in [5.74, 6) is 1.65. The Labute approximate surface area is 116 Å². The Morgan fingerprint density at radius 1 is 1.42 bits per heavy atom. The third-order valence-electron chi connectivity index (χ3n) is 4.11. The smallest absolute Gasteiger partial charge is 0.142 e. The van der Waals surface area contributed by atoms with Gasteiger partial charge in [0.15, 0.2) is 0 Å². The van der Waals surface area contributed by atoms with Gasteiger partial charge in [0.05, 0.1) is 12.8 Å². The predicted octanol–water partition coefficient (Wildman–Crippen LogP) is 3.15. The molecule has 1 aliphatic heterocycles. The first-order valence-electron chi connectivity index (χ1n) is 7.20. The summed E-state index contributed by atoms with van der Waals surface area (Å²) in [5, 5.41) is 3.63. The predicted molar refractivity (Wildman–Crippen MR) is 81.0 cm³/mol. The minimum Gasteiger partial charge on any atom is -0.495 e. The molecule has 3 heteroatoms. The van der Waals surface area contributed by atoms with Gasteiger partial charge in [0.1, 0.15) is 5.75 Å². The van der Waals surface area contributed by atoms with E-state index in [9.17, 15) is 0 Å². The topological polar surface area (TPSA) is 24.5 Å². The summed E-state index contributed by atoms with van der Waals surface area (Å²) in [4.78, 5) is 2.43. The number of ether oxygens (including phenoxy) is 1. The van der Waals surface area contributed by atoms with Crippen LogP contribution in [0.1, 0.15) is 25.3 Å². The third kappa shape index (κ3) is 3.63. The van der Waals surface area contributed by atoms with Crippen LogP contribution in [-0.4, -0.2) is 38.2 Å². The van der Waals surface area contributed by atoms with Crippen molar-refractivity contribution in [3.63, 3.8) is 0 Å². The van der Waals surface area contributed by atoms with Gasteiger partial charge in [-0.3, -0.25) is 0 Å². The quantitative estimate of drug-likeness (QED) is 0.902. The van der Waals surface area contributed by atoms with E-state index >= 15 is 0 Å². The number of hydrogen-bond acceptors (Lipinski definition) is 3. The Morgan fingerprint density at radius 3 is 2.89 bits per heavy atom. The molecule has 19 heavy (non-hydrogen) atoms. The number of nitrogens with one attached hydrogen (secondary N) is 1. The average molecular weight is 262 g/mol. The molecule has 0 amide bonds. The monoisotopic (exact) mass is 262 g/mol. The maximum absolute atomic E-state index is 5.46. The third-order valence-corrected chi connectivity index (χ3v) is 4.11. The van der Waals surface area contributed by atoms with Crippen molar-refractivity contribution in [1.82, 2.24) is 4.90 Å². The van der Waals surface area contributed by atoms with Crippen LogP contribution in [0.5, 0.6) is 5.75 Å². The Balaban J connectivity index is 2.03. The Morgan fingerprint density at radius 2 is 2.21 bits per heavy atom. The summed E-state index contributed by atoms with van der Waals surface area (Å²) in [6, 6.07) is 6.81. The van der Waals surface area contributed by atoms with Gasteiger partial charge in [-0.1, -0.05) is 6.07 Å². The summed E-state index contributed by atoms with van der Waals surface area (Å²) in [6.45, 7) is 6.79. The van der Waals surface area contributed by atoms with Gasteiger partial charge < -0.3 is 15.0 Å². The summed E-state index contributed by atoms with van der Waals surface area (Å²) >= 11 is 0. The van der Waals surface area contributed by atoms with E-state index in [1.165, 1.54) is 31.5 Å². The Hall–Kier alpha value is -1.22. The van der Waals surface area contributed by atoms with Gasteiger partial charge in [0, 0.05) is 12.6 Å². The van der Waals surface area contributed by atoms with E-state index < -0.39 is 0 Å². The first kappa shape index (κ1) is 14.2. The second kappa shape index (κ2) is 6.29. The van der Waals surface area contributed by atoms with E-state index in [0.29, 0.717) is 12.0 Å². The molecule has 2 rings (SSSR count). The zero-order chi connectivity index (χ0) is 13.8. The molecule has 1 N–H and O–H groups in total. The molecule has 2 unspecified atom stereocenters. The van der Waals surface area contributed by atoms with Crippen LogP contribution >= 0.6 is 0 Å². The molecule has 1 saturated heterocycles. The molecular weight excluding hydrogens is 236 g/mol. The SMILES string of the molecule is COc1cc(C)ccc1NC(C)C1CCCN(C)C1. The first-order valence-corrected chi connectivity index (χ1v) is 7.20. The molecule has 0 radical (unpaired) electrons. The Bertz CT molecular complexity index is 419. The Kier molecular flexibility index (Phi) is 4.70. The highest BCUT2D eigenvalue weighted by Crippen LogP contribution is 2.28. The lowest BCUT2D eigenvalue weighted by Crippen LogP contribution is -2.39. The van der Waals surface area contributed by atoms with E-state index in [1.54, 1.807) is 7.11 Å². The van der Waals surface area contributed by atoms with Crippen molar-refractivity contribution >= 4 is 5.69 Å². The molecule has 3 nitrogen and oxygen atoms in total. The van der Waals surface area contributed by atoms with Crippen LogP contribution in [0.3, 0.4) is 0 Å². The number of aryl methyl sites for hydroxylation is 1. The van der Waals surface area contributed by atoms with Crippen molar-refractivity contribution in [2.24, 2.45) is 5.92 Å². The molecule has 0 saturated carbocycles. The largest absolute Gasteiger partial charge is 0.495 e. The number of anilines is 1. The summed E-state index contributed by atoms with van der Waals surface area (Å²) in [7, 11) is 3.95.